The van der Waals surface area contributed by atoms with Gasteiger partial charge in [0.2, 0.25) is 0 Å². The topological polar surface area (TPSA) is 78.9 Å². The van der Waals surface area contributed by atoms with E-state index in [0.717, 1.165) is 89.9 Å². The molecule has 0 aromatic carbocycles. The first-order chi connectivity index (χ1) is 30.0. The van der Waals surface area contributed by atoms with Crippen LogP contribution in [0.1, 0.15) is 265 Å². The molecule has 0 amide bonds. The first-order valence-electron chi connectivity index (χ1n) is 26.1. The Labute approximate surface area is 378 Å². The molecule has 0 heterocycles. The van der Waals surface area contributed by atoms with E-state index in [1.54, 1.807) is 0 Å². The second-order valence-electron chi connectivity index (χ2n) is 17.4. The molecule has 0 bridgehead atoms. The average molecular weight is 855 g/mol. The van der Waals surface area contributed by atoms with E-state index in [4.69, 9.17) is 14.2 Å². The zero-order valence-corrected chi connectivity index (χ0v) is 40.4. The fraction of sp³-hybridized carbons (Fsp3) is 0.800. The quantitative estimate of drug-likeness (QED) is 0.0263. The van der Waals surface area contributed by atoms with Crippen molar-refractivity contribution in [2.75, 3.05) is 13.2 Å². The van der Waals surface area contributed by atoms with E-state index in [9.17, 15) is 14.4 Å². The third-order valence-electron chi connectivity index (χ3n) is 11.3. The molecular formula is C55H98O6. The third kappa shape index (κ3) is 48.3. The number of carbonyl (C=O) groups is 3. The molecule has 0 rings (SSSR count). The number of carbonyl (C=O) groups excluding carboxylic acids is 3. The summed E-state index contributed by atoms with van der Waals surface area (Å²) in [4.78, 5) is 38.0. The molecule has 0 aliphatic carbocycles. The summed E-state index contributed by atoms with van der Waals surface area (Å²) in [5.41, 5.74) is 0. The van der Waals surface area contributed by atoms with Gasteiger partial charge in [-0.2, -0.15) is 0 Å². The van der Waals surface area contributed by atoms with Gasteiger partial charge in [0, 0.05) is 19.3 Å². The molecule has 1 unspecified atom stereocenters. The number of esters is 3. The summed E-state index contributed by atoms with van der Waals surface area (Å²) in [5, 5.41) is 0. The third-order valence-corrected chi connectivity index (χ3v) is 11.3. The molecule has 0 saturated heterocycles. The van der Waals surface area contributed by atoms with Crippen molar-refractivity contribution >= 4 is 17.9 Å². The highest BCUT2D eigenvalue weighted by molar-refractivity contribution is 5.71. The number of rotatable bonds is 47. The van der Waals surface area contributed by atoms with Crippen molar-refractivity contribution in [2.45, 2.75) is 271 Å². The van der Waals surface area contributed by atoms with Gasteiger partial charge in [-0.3, -0.25) is 14.4 Å². The fourth-order valence-corrected chi connectivity index (χ4v) is 7.38. The van der Waals surface area contributed by atoms with Gasteiger partial charge in [-0.25, -0.2) is 0 Å². The number of allylic oxidation sites excluding steroid dienone is 8. The zero-order chi connectivity index (χ0) is 44.4. The summed E-state index contributed by atoms with van der Waals surface area (Å²) in [5.74, 6) is -0.893. The van der Waals surface area contributed by atoms with Crippen LogP contribution in [0.3, 0.4) is 0 Å². The number of hydrogen-bond acceptors (Lipinski definition) is 6. The largest absolute Gasteiger partial charge is 0.462 e. The van der Waals surface area contributed by atoms with Crippen molar-refractivity contribution in [3.63, 3.8) is 0 Å². The van der Waals surface area contributed by atoms with Gasteiger partial charge in [0.1, 0.15) is 13.2 Å². The Bertz CT molecular complexity index is 1070. The molecule has 6 heteroatoms. The average Bonchev–Trinajstić information content (AvgIpc) is 3.26. The Balaban J connectivity index is 4.36. The molecular weight excluding hydrogens is 757 g/mol. The first kappa shape index (κ1) is 58.4. The summed E-state index contributed by atoms with van der Waals surface area (Å²) in [7, 11) is 0. The van der Waals surface area contributed by atoms with Crippen molar-refractivity contribution < 1.29 is 28.6 Å². The van der Waals surface area contributed by atoms with Gasteiger partial charge >= 0.3 is 17.9 Å². The van der Waals surface area contributed by atoms with Gasteiger partial charge in [0.15, 0.2) is 6.10 Å². The Morgan fingerprint density at radius 3 is 1.07 bits per heavy atom. The van der Waals surface area contributed by atoms with Crippen LogP contribution in [0, 0.1) is 0 Å². The van der Waals surface area contributed by atoms with E-state index in [1.807, 2.05) is 0 Å². The maximum absolute atomic E-state index is 12.8. The summed E-state index contributed by atoms with van der Waals surface area (Å²) in [6.07, 6.45) is 59.5. The molecule has 0 aromatic heterocycles. The lowest BCUT2D eigenvalue weighted by Gasteiger charge is -2.18. The van der Waals surface area contributed by atoms with Crippen molar-refractivity contribution in [3.05, 3.63) is 48.6 Å². The normalized spacial score (nSPS) is 12.4. The standard InChI is InChI=1S/C55H98O6/c1-4-7-10-13-16-19-22-24-26-28-30-33-36-39-42-45-48-54(57)60-51-52(50-59-53(56)47-44-41-38-35-32-21-18-15-12-9-6-3)61-55(58)49-46-43-40-37-34-31-29-27-25-23-20-17-14-11-8-5-2/h7,10,15-16,18-19,24,26,52H,4-6,8-9,11-14,17,20-23,25,27-51H2,1-3H3/b10-7-,18-15-,19-16-,26-24-. The summed E-state index contributed by atoms with van der Waals surface area (Å²) in [6.45, 7) is 6.49. The molecule has 61 heavy (non-hydrogen) atoms. The van der Waals surface area contributed by atoms with E-state index in [2.05, 4.69) is 69.4 Å². The van der Waals surface area contributed by atoms with Gasteiger partial charge in [-0.15, -0.1) is 0 Å². The lowest BCUT2D eigenvalue weighted by molar-refractivity contribution is -0.167. The molecule has 0 spiro atoms. The molecule has 1 atom stereocenters. The number of unbranched alkanes of at least 4 members (excludes halogenated alkanes) is 28. The van der Waals surface area contributed by atoms with Crippen LogP contribution in [0.25, 0.3) is 0 Å². The minimum Gasteiger partial charge on any atom is -0.462 e. The van der Waals surface area contributed by atoms with Crippen molar-refractivity contribution in [2.24, 2.45) is 0 Å². The van der Waals surface area contributed by atoms with Crippen LogP contribution in [-0.4, -0.2) is 37.2 Å². The predicted octanol–water partition coefficient (Wildman–Crippen LogP) is 17.1. The molecule has 0 radical (unpaired) electrons. The zero-order valence-electron chi connectivity index (χ0n) is 40.4. The van der Waals surface area contributed by atoms with Crippen LogP contribution in [0.5, 0.6) is 0 Å². The minimum atomic E-state index is -0.778. The van der Waals surface area contributed by atoms with E-state index < -0.39 is 6.10 Å². The second kappa shape index (κ2) is 50.0. The van der Waals surface area contributed by atoms with Crippen LogP contribution >= 0.6 is 0 Å². The molecule has 0 aliphatic rings. The predicted molar refractivity (Wildman–Crippen MR) is 261 cm³/mol. The highest BCUT2D eigenvalue weighted by atomic mass is 16.6. The fourth-order valence-electron chi connectivity index (χ4n) is 7.38. The molecule has 0 saturated carbocycles. The highest BCUT2D eigenvalue weighted by Gasteiger charge is 2.19. The Kier molecular flexibility index (Phi) is 47.9. The second-order valence-corrected chi connectivity index (χ2v) is 17.4. The number of hydrogen-bond donors (Lipinski definition) is 0. The summed E-state index contributed by atoms with van der Waals surface area (Å²) >= 11 is 0. The van der Waals surface area contributed by atoms with Crippen LogP contribution in [0.15, 0.2) is 48.6 Å². The summed E-state index contributed by atoms with van der Waals surface area (Å²) < 4.78 is 16.8. The van der Waals surface area contributed by atoms with Gasteiger partial charge < -0.3 is 14.2 Å². The van der Waals surface area contributed by atoms with Gasteiger partial charge in [-0.05, 0) is 70.6 Å². The molecule has 0 fully saturated rings. The maximum Gasteiger partial charge on any atom is 0.306 e. The molecule has 0 aliphatic heterocycles. The van der Waals surface area contributed by atoms with Crippen molar-refractivity contribution in [3.8, 4) is 0 Å². The lowest BCUT2D eigenvalue weighted by Crippen LogP contribution is -2.30. The monoisotopic (exact) mass is 855 g/mol. The Hall–Kier alpha value is -2.63. The first-order valence-corrected chi connectivity index (χ1v) is 26.1. The Morgan fingerprint density at radius 1 is 0.344 bits per heavy atom. The van der Waals surface area contributed by atoms with Gasteiger partial charge in [-0.1, -0.05) is 223 Å². The maximum atomic E-state index is 12.8. The van der Waals surface area contributed by atoms with Crippen LogP contribution < -0.4 is 0 Å². The molecule has 6 nitrogen and oxygen atoms in total. The molecule has 0 aromatic rings. The van der Waals surface area contributed by atoms with Crippen LogP contribution in [-0.2, 0) is 28.6 Å². The van der Waals surface area contributed by atoms with E-state index in [1.165, 1.54) is 135 Å². The van der Waals surface area contributed by atoms with E-state index >= 15 is 0 Å². The van der Waals surface area contributed by atoms with Crippen molar-refractivity contribution in [1.82, 2.24) is 0 Å². The van der Waals surface area contributed by atoms with E-state index in [0.29, 0.717) is 19.3 Å². The van der Waals surface area contributed by atoms with E-state index in [-0.39, 0.29) is 31.1 Å². The Morgan fingerprint density at radius 2 is 0.656 bits per heavy atom. The van der Waals surface area contributed by atoms with Gasteiger partial charge in [0.05, 0.1) is 0 Å². The highest BCUT2D eigenvalue weighted by Crippen LogP contribution is 2.16. The SMILES string of the molecule is CC/C=C\C/C=C\C/C=C\CCCCCCCCC(=O)OCC(COC(=O)CCCCCCC/C=C\CCCC)OC(=O)CCCCCCCCCCCCCCCCCC. The van der Waals surface area contributed by atoms with Crippen LogP contribution in [0.2, 0.25) is 0 Å². The lowest BCUT2D eigenvalue weighted by atomic mass is 10.0. The number of ether oxygens (including phenoxy) is 3. The van der Waals surface area contributed by atoms with Gasteiger partial charge in [0.25, 0.3) is 0 Å². The molecule has 354 valence electrons. The van der Waals surface area contributed by atoms with Crippen LogP contribution in [0.4, 0.5) is 0 Å². The smallest absolute Gasteiger partial charge is 0.306 e. The summed E-state index contributed by atoms with van der Waals surface area (Å²) in [6, 6.07) is 0. The molecule has 0 N–H and O–H groups in total. The van der Waals surface area contributed by atoms with Crippen molar-refractivity contribution in [1.29, 1.82) is 0 Å². The minimum absolute atomic E-state index is 0.0797.